The van der Waals surface area contributed by atoms with E-state index in [2.05, 4.69) is 82.5 Å². The number of carbonyl (C=O) groups excluding carboxylic acids is 4. The number of H-pyrrole nitrogens is 2. The monoisotopic (exact) mass is 1290 g/mol. The third kappa shape index (κ3) is 25.5. The molecule has 0 aliphatic heterocycles. The number of aromatic amines is 2. The van der Waals surface area contributed by atoms with Crippen LogP contribution < -0.4 is 30.6 Å². The third-order valence-electron chi connectivity index (χ3n) is 6.75. The average molecular weight is 1290 g/mol. The fraction of sp³-hybridized carbons (Fsp3) is 0. The number of carboxylic acid groups (broad SMARTS) is 4. The fourth-order valence-electron chi connectivity index (χ4n) is 4.23. The van der Waals surface area contributed by atoms with Gasteiger partial charge in [0, 0.05) is 22.8 Å². The number of nitrogens with one attached hydrogen (secondary N) is 2. The molecule has 0 fully saturated rings. The number of carboxylic acids is 4. The van der Waals surface area contributed by atoms with Gasteiger partial charge in [-0.05, 0) is 68.1 Å². The van der Waals surface area contributed by atoms with Crippen molar-refractivity contribution in [2.45, 2.75) is 0 Å². The van der Waals surface area contributed by atoms with Crippen LogP contribution in [0.25, 0.3) is 45.6 Å². The van der Waals surface area contributed by atoms with Crippen LogP contribution in [0, 0.1) is 79.9 Å². The summed E-state index contributed by atoms with van der Waals surface area (Å²) in [6.45, 7) is 0. The molecule has 4 aromatic heterocycles. The first-order valence-corrected chi connectivity index (χ1v) is 15.2. The zero-order valence-corrected chi connectivity index (χ0v) is 39.6. The van der Waals surface area contributed by atoms with Gasteiger partial charge >= 0.3 is 79.9 Å². The summed E-state index contributed by atoms with van der Waals surface area (Å²) < 4.78 is 0. The maximum Gasteiger partial charge on any atom is 3.00 e. The molecular formula is C32H50Gd2N16O20+8. The topological polar surface area (TPSA) is 765 Å². The van der Waals surface area contributed by atoms with Gasteiger partial charge in [0.25, 0.3) is 0 Å². The molecule has 2 radical (unpaired) electrons. The standard InChI is InChI=1S/4C8H6N4O2.2Gd.12H2O/c4*13-8(14)6-3-1-2-5(4-6)7-9-11-12-10-7;;;;;;;;;;;;;;/h2*1-4H,(H,13,14)(H,9,10,11,12);2*1-4H,(H2,9,10,11,12,13,14);;;12*1H2/q;;;;2*+3;;;;;;;;;;;;/p+2. The summed E-state index contributed by atoms with van der Waals surface area (Å²) in [5, 5.41) is 96.0. The van der Waals surface area contributed by atoms with E-state index in [0.29, 0.717) is 45.6 Å². The van der Waals surface area contributed by atoms with E-state index in [0.717, 1.165) is 0 Å². The van der Waals surface area contributed by atoms with Crippen molar-refractivity contribution in [3.05, 3.63) is 119 Å². The number of carbonyl (C=O) groups is 4. The minimum absolute atomic E-state index is 0. The molecule has 8 rings (SSSR count). The van der Waals surface area contributed by atoms with E-state index in [4.69, 9.17) is 0 Å². The summed E-state index contributed by atoms with van der Waals surface area (Å²) in [5.74, 6) is -3.62. The molecule has 0 aliphatic rings. The van der Waals surface area contributed by atoms with Gasteiger partial charge in [0.05, 0.1) is 23.9 Å². The number of aromatic carboxylic acids is 4. The summed E-state index contributed by atoms with van der Waals surface area (Å²) in [6, 6.07) is 24.5. The number of hydrogen-bond acceptors (Lipinski definition) is 20. The molecule has 0 saturated carbocycles. The maximum atomic E-state index is 10.5. The van der Waals surface area contributed by atoms with Crippen molar-refractivity contribution in [2.75, 3.05) is 0 Å². The molecule has 0 unspecified atom stereocenters. The van der Waals surface area contributed by atoms with Crippen LogP contribution in [0.3, 0.4) is 0 Å². The van der Waals surface area contributed by atoms with E-state index in [1.807, 2.05) is 0 Å². The van der Waals surface area contributed by atoms with Crippen LogP contribution in [-0.2, 0) is 43.8 Å². The molecule has 38 heteroatoms. The van der Waals surface area contributed by atoms with E-state index in [1.165, 1.54) is 48.5 Å². The molecule has 36 nitrogen and oxygen atoms in total. The first kappa shape index (κ1) is 86.4. The van der Waals surface area contributed by atoms with E-state index >= 15 is 0 Å². The van der Waals surface area contributed by atoms with Gasteiger partial charge in [0.1, 0.15) is 0 Å². The normalized spacial score (nSPS) is 8.00. The van der Waals surface area contributed by atoms with Crippen LogP contribution >= 0.6 is 0 Å². The average Bonchev–Trinajstić information content (AvgIpc) is 4.08. The number of benzene rings is 4. The van der Waals surface area contributed by atoms with Crippen LogP contribution in [0.15, 0.2) is 97.1 Å². The van der Waals surface area contributed by atoms with Gasteiger partial charge < -0.3 is 116 Å². The zero-order valence-electron chi connectivity index (χ0n) is 35.1. The summed E-state index contributed by atoms with van der Waals surface area (Å²) in [6.07, 6.45) is 0. The molecule has 0 amide bonds. The van der Waals surface area contributed by atoms with E-state index in [9.17, 15) is 39.6 Å². The molecule has 4 heterocycles. The summed E-state index contributed by atoms with van der Waals surface area (Å²) in [7, 11) is 0. The SMILES string of the molecule is O.O.O.O.O=C([O-])c1cccc(-c2nn[nH]n2)c1.O=C([O-])c1cccc(-c2nn[nH]n2)c1.O=C([O-])c1cccc(-c2nnn[n-]2)c1.O=C([O-])c1cccc(-c2nnn[n-]2)c1.[Gd+3].[Gd+3].[OH3+].[OH3+].[OH3+].[OH3+].[OH3+].[OH3+].[OH3+].[OH3+]. The molecule has 0 saturated heterocycles. The van der Waals surface area contributed by atoms with Crippen molar-refractivity contribution in [1.82, 2.24) is 82.5 Å². The van der Waals surface area contributed by atoms with Crippen molar-refractivity contribution < 1.29 is 185 Å². The van der Waals surface area contributed by atoms with Gasteiger partial charge in [-0.15, -0.1) is 20.4 Å². The molecular weight excluding hydrogens is 1240 g/mol. The Bertz CT molecular complexity index is 2200. The van der Waals surface area contributed by atoms with Gasteiger partial charge in [0.2, 0.25) is 11.6 Å². The van der Waals surface area contributed by atoms with Gasteiger partial charge in [-0.2, -0.15) is 20.9 Å². The molecule has 8 aromatic rings. The fourth-order valence-corrected chi connectivity index (χ4v) is 4.23. The number of aromatic nitrogens is 16. The summed E-state index contributed by atoms with van der Waals surface area (Å²) >= 11 is 0. The second-order valence-corrected chi connectivity index (χ2v) is 10.3. The molecule has 4 aromatic carbocycles. The Kier molecular flexibility index (Phi) is 53.7. The first-order chi connectivity index (χ1) is 27.1. The van der Waals surface area contributed by atoms with Crippen LogP contribution in [0.1, 0.15) is 41.4 Å². The quantitative estimate of drug-likeness (QED) is 0.133. The Morgan fingerprint density at radius 2 is 0.657 bits per heavy atom. The predicted molar refractivity (Wildman–Crippen MR) is 227 cm³/mol. The first-order valence-electron chi connectivity index (χ1n) is 15.2. The van der Waals surface area contributed by atoms with Crippen LogP contribution in [0.4, 0.5) is 0 Å². The van der Waals surface area contributed by atoms with Crippen molar-refractivity contribution in [3.8, 4) is 45.6 Å². The summed E-state index contributed by atoms with van der Waals surface area (Å²) in [4.78, 5) is 42.2. The molecule has 0 bridgehead atoms. The van der Waals surface area contributed by atoms with Crippen LogP contribution in [0.5, 0.6) is 0 Å². The van der Waals surface area contributed by atoms with Crippen LogP contribution in [0.2, 0.25) is 0 Å². The molecule has 34 N–H and O–H groups in total. The summed E-state index contributed by atoms with van der Waals surface area (Å²) in [5.41, 5.74) is 2.61. The number of tetrazole rings is 4. The van der Waals surface area contributed by atoms with Gasteiger partial charge in [-0.1, -0.05) is 72.8 Å². The Balaban J connectivity index is -0.0000000804. The van der Waals surface area contributed by atoms with E-state index in [1.54, 1.807) is 48.5 Å². The Labute approximate surface area is 452 Å². The van der Waals surface area contributed by atoms with Crippen molar-refractivity contribution >= 4 is 23.9 Å². The second-order valence-electron chi connectivity index (χ2n) is 10.3. The molecule has 0 atom stereocenters. The van der Waals surface area contributed by atoms with Gasteiger partial charge in [-0.25, -0.2) is 0 Å². The van der Waals surface area contributed by atoms with E-state index in [-0.39, 0.29) is 168 Å². The Hall–Kier alpha value is -6.79. The van der Waals surface area contributed by atoms with Crippen molar-refractivity contribution in [1.29, 1.82) is 0 Å². The largest absolute Gasteiger partial charge is 3.00 e. The maximum absolute atomic E-state index is 10.5. The third-order valence-corrected chi connectivity index (χ3v) is 6.75. The van der Waals surface area contributed by atoms with Crippen molar-refractivity contribution in [3.63, 3.8) is 0 Å². The Morgan fingerprint density at radius 3 is 0.871 bits per heavy atom. The number of rotatable bonds is 8. The second kappa shape index (κ2) is 43.5. The zero-order chi connectivity index (χ0) is 39.9. The van der Waals surface area contributed by atoms with Gasteiger partial charge in [0.15, 0.2) is 0 Å². The van der Waals surface area contributed by atoms with E-state index < -0.39 is 23.9 Å². The molecule has 0 spiro atoms. The predicted octanol–water partition coefficient (Wildman–Crippen LogP) is -14.5. The molecule has 0 aliphatic carbocycles. The molecule has 386 valence electrons. The minimum atomic E-state index is -1.24. The number of nitrogens with zero attached hydrogens (tertiary/aromatic N) is 14. The number of hydrogen-bond donors (Lipinski definition) is 2. The van der Waals surface area contributed by atoms with Gasteiger partial charge in [-0.3, -0.25) is 20.6 Å². The van der Waals surface area contributed by atoms with Crippen molar-refractivity contribution in [2.24, 2.45) is 0 Å². The van der Waals surface area contributed by atoms with Crippen LogP contribution in [-0.4, -0.2) is 118 Å². The smallest absolute Gasteiger partial charge is 0.545 e. The molecule has 70 heavy (non-hydrogen) atoms. The minimum Gasteiger partial charge on any atom is -0.545 e. The Morgan fingerprint density at radius 1 is 0.400 bits per heavy atom.